The van der Waals surface area contributed by atoms with Crippen molar-refractivity contribution in [3.63, 3.8) is 0 Å². The molecule has 2 heterocycles. The zero-order valence-electron chi connectivity index (χ0n) is 28.2. The van der Waals surface area contributed by atoms with Crippen LogP contribution >= 0.6 is 11.8 Å². The highest BCUT2D eigenvalue weighted by molar-refractivity contribution is 7.99. The second kappa shape index (κ2) is 13.9. The molecule has 2 saturated heterocycles. The Labute approximate surface area is 283 Å². The Bertz CT molecular complexity index is 1010. The first-order valence-corrected chi connectivity index (χ1v) is 20.1. The highest BCUT2D eigenvalue weighted by Gasteiger charge is 2.66. The van der Waals surface area contributed by atoms with E-state index in [0.29, 0.717) is 40.5 Å². The van der Waals surface area contributed by atoms with Gasteiger partial charge in [-0.25, -0.2) is 0 Å². The van der Waals surface area contributed by atoms with Gasteiger partial charge in [0.15, 0.2) is 0 Å². The smallest absolute Gasteiger partial charge is 0.229 e. The van der Waals surface area contributed by atoms with Crippen LogP contribution < -0.4 is 0 Å². The number of hydrogen-bond acceptors (Lipinski definition) is 4. The van der Waals surface area contributed by atoms with Gasteiger partial charge in [0.05, 0.1) is 11.5 Å². The molecule has 4 nitrogen and oxygen atoms in total. The lowest BCUT2D eigenvalue weighted by atomic mass is 9.37. The number of likely N-dealkylation sites (tertiary alicyclic amines) is 1. The lowest BCUT2D eigenvalue weighted by molar-refractivity contribution is -0.198. The van der Waals surface area contributed by atoms with Gasteiger partial charge in [-0.2, -0.15) is 11.8 Å². The summed E-state index contributed by atoms with van der Waals surface area (Å²) < 4.78 is 0. The van der Waals surface area contributed by atoms with Gasteiger partial charge in [-0.3, -0.25) is 9.69 Å². The van der Waals surface area contributed by atoms with Crippen LogP contribution in [-0.4, -0.2) is 70.6 Å². The van der Waals surface area contributed by atoms with E-state index in [2.05, 4.69) is 49.3 Å². The van der Waals surface area contributed by atoms with Crippen LogP contribution in [0.2, 0.25) is 0 Å². The summed E-state index contributed by atoms with van der Waals surface area (Å²) in [6.45, 7) is 14.5. The minimum Gasteiger partial charge on any atom is -0.393 e. The first-order chi connectivity index (χ1) is 20.7. The van der Waals surface area contributed by atoms with E-state index in [1.54, 1.807) is 0 Å². The van der Waals surface area contributed by atoms with Gasteiger partial charge >= 0.3 is 0 Å². The van der Waals surface area contributed by atoms with Gasteiger partial charge in [-0.15, -0.1) is 0 Å². The average molecular weight is 645 g/mol. The molecular formula is C40H72N2O2S. The maximum atomic E-state index is 14.7. The molecule has 6 aliphatic carbocycles. The number of rotatable bonds is 3. The predicted molar refractivity (Wildman–Crippen MR) is 192 cm³/mol. The molecule has 0 spiro atoms. The number of aliphatic hydroxyl groups is 1. The Morgan fingerprint density at radius 2 is 1.42 bits per heavy atom. The normalized spacial score (nSPS) is 47.4. The SMILES string of the molecule is C.C.CC1C(O)CCC2(C)C1CCC1(C)C3CCC4(C(=O)N5CCCC5CN5CCSCC5)CCCC4C3CCC21.CC1CC1. The molecule has 1 N–H and O–H groups in total. The Morgan fingerprint density at radius 3 is 2.13 bits per heavy atom. The number of amides is 1. The number of carbonyl (C=O) groups is 1. The number of aliphatic hydroxyl groups excluding tert-OH is 1. The number of fused-ring (bicyclic) bond motifs is 7. The highest BCUT2D eigenvalue weighted by Crippen LogP contribution is 2.72. The van der Waals surface area contributed by atoms with E-state index >= 15 is 0 Å². The van der Waals surface area contributed by atoms with Crippen LogP contribution in [0, 0.1) is 57.7 Å². The summed E-state index contributed by atoms with van der Waals surface area (Å²) in [7, 11) is 0. The van der Waals surface area contributed by atoms with Crippen molar-refractivity contribution in [2.75, 3.05) is 37.7 Å². The van der Waals surface area contributed by atoms with Crippen LogP contribution in [0.4, 0.5) is 0 Å². The van der Waals surface area contributed by atoms with Crippen LogP contribution in [0.1, 0.15) is 139 Å². The quantitative estimate of drug-likeness (QED) is 0.333. The summed E-state index contributed by atoms with van der Waals surface area (Å²) in [6.07, 6.45) is 19.1. The summed E-state index contributed by atoms with van der Waals surface area (Å²) in [5, 5.41) is 10.7. The Hall–Kier alpha value is -0.260. The third kappa shape index (κ3) is 6.21. The molecule has 6 saturated carbocycles. The third-order valence-corrected chi connectivity index (χ3v) is 16.5. The maximum absolute atomic E-state index is 14.7. The van der Waals surface area contributed by atoms with Crippen LogP contribution in [0.3, 0.4) is 0 Å². The lowest BCUT2D eigenvalue weighted by Gasteiger charge is -2.67. The first kappa shape index (κ1) is 36.0. The fourth-order valence-corrected chi connectivity index (χ4v) is 14.0. The molecule has 5 heteroatoms. The van der Waals surface area contributed by atoms with Crippen LogP contribution in [-0.2, 0) is 4.79 Å². The molecule has 11 atom stereocenters. The zero-order valence-corrected chi connectivity index (χ0v) is 29.0. The minimum absolute atomic E-state index is 0. The Kier molecular flexibility index (Phi) is 11.2. The predicted octanol–water partition coefficient (Wildman–Crippen LogP) is 9.15. The van der Waals surface area contributed by atoms with Gasteiger partial charge in [0.2, 0.25) is 5.91 Å². The van der Waals surface area contributed by atoms with Gasteiger partial charge in [0, 0.05) is 43.7 Å². The van der Waals surface area contributed by atoms with E-state index in [1.165, 1.54) is 114 Å². The molecule has 8 aliphatic rings. The summed E-state index contributed by atoms with van der Waals surface area (Å²) in [4.78, 5) is 19.8. The van der Waals surface area contributed by atoms with Crippen molar-refractivity contribution < 1.29 is 9.90 Å². The molecular weight excluding hydrogens is 573 g/mol. The Morgan fingerprint density at radius 1 is 0.756 bits per heavy atom. The molecule has 0 bridgehead atoms. The summed E-state index contributed by atoms with van der Waals surface area (Å²) >= 11 is 2.09. The molecule has 8 rings (SSSR count). The molecule has 260 valence electrons. The number of nitrogens with zero attached hydrogens (tertiary/aromatic N) is 2. The summed E-state index contributed by atoms with van der Waals surface area (Å²) in [6, 6.07) is 0.459. The maximum Gasteiger partial charge on any atom is 0.229 e. The third-order valence-electron chi connectivity index (χ3n) is 15.6. The summed E-state index contributed by atoms with van der Waals surface area (Å²) in [5.41, 5.74) is 0.776. The highest BCUT2D eigenvalue weighted by atomic mass is 32.2. The fraction of sp³-hybridized carbons (Fsp3) is 0.975. The van der Waals surface area contributed by atoms with E-state index in [1.807, 2.05) is 0 Å². The number of carbonyl (C=O) groups excluding carboxylic acids is 1. The molecule has 0 aromatic rings. The van der Waals surface area contributed by atoms with E-state index in [9.17, 15) is 9.90 Å². The monoisotopic (exact) mass is 645 g/mol. The molecule has 0 radical (unpaired) electrons. The molecule has 0 aromatic carbocycles. The van der Waals surface area contributed by atoms with E-state index in [0.717, 1.165) is 43.2 Å². The largest absolute Gasteiger partial charge is 0.393 e. The zero-order chi connectivity index (χ0) is 30.0. The second-order valence-corrected chi connectivity index (χ2v) is 18.8. The molecule has 1 amide bonds. The van der Waals surface area contributed by atoms with Gasteiger partial charge in [0.1, 0.15) is 0 Å². The standard InChI is InChI=1S/C34H56N2O2S.C4H8.2CH4/c1-23-26-10-14-33(3)27-11-16-34(31(38)36-17-5-6-24(36)22-35-18-20-39-21-19-35)13-4-7-28(34)25(27)8-9-30(33)32(26,2)15-12-29(23)37;1-4-2-3-4;;/h23-30,37H,4-22H2,1-3H3;4H,2-3H2,1H3;2*1H4. The van der Waals surface area contributed by atoms with Gasteiger partial charge in [-0.05, 0) is 129 Å². The first-order valence-electron chi connectivity index (χ1n) is 19.0. The molecule has 8 fully saturated rings. The van der Waals surface area contributed by atoms with Crippen LogP contribution in [0.15, 0.2) is 0 Å². The van der Waals surface area contributed by atoms with Gasteiger partial charge in [0.25, 0.3) is 0 Å². The van der Waals surface area contributed by atoms with Crippen molar-refractivity contribution in [3.05, 3.63) is 0 Å². The van der Waals surface area contributed by atoms with Crippen molar-refractivity contribution in [1.29, 1.82) is 0 Å². The van der Waals surface area contributed by atoms with Crippen molar-refractivity contribution in [2.45, 2.75) is 151 Å². The van der Waals surface area contributed by atoms with Crippen LogP contribution in [0.5, 0.6) is 0 Å². The summed E-state index contributed by atoms with van der Waals surface area (Å²) in [5.74, 6) is 8.34. The van der Waals surface area contributed by atoms with Crippen LogP contribution in [0.25, 0.3) is 0 Å². The molecule has 0 aromatic heterocycles. The van der Waals surface area contributed by atoms with Gasteiger partial charge < -0.3 is 10.0 Å². The average Bonchev–Trinajstić information content (AvgIpc) is 3.45. The lowest BCUT2D eigenvalue weighted by Crippen LogP contribution is -2.62. The van der Waals surface area contributed by atoms with Crippen molar-refractivity contribution in [1.82, 2.24) is 9.80 Å². The molecule has 45 heavy (non-hydrogen) atoms. The number of hydrogen-bond donors (Lipinski definition) is 1. The Balaban J connectivity index is 0.000000620. The van der Waals surface area contributed by atoms with E-state index < -0.39 is 0 Å². The van der Waals surface area contributed by atoms with Crippen molar-refractivity contribution in [3.8, 4) is 0 Å². The molecule has 2 aliphatic heterocycles. The topological polar surface area (TPSA) is 43.8 Å². The second-order valence-electron chi connectivity index (χ2n) is 17.6. The van der Waals surface area contributed by atoms with E-state index in [4.69, 9.17) is 0 Å². The van der Waals surface area contributed by atoms with E-state index in [-0.39, 0.29) is 26.4 Å². The van der Waals surface area contributed by atoms with Crippen molar-refractivity contribution in [2.24, 2.45) is 57.7 Å². The number of thioether (sulfide) groups is 1. The van der Waals surface area contributed by atoms with Crippen molar-refractivity contribution >= 4 is 17.7 Å². The van der Waals surface area contributed by atoms with Gasteiger partial charge in [-0.1, -0.05) is 61.8 Å². The molecule has 11 unspecified atom stereocenters. The fourth-order valence-electron chi connectivity index (χ4n) is 13.0. The minimum atomic E-state index is -0.0909.